The van der Waals surface area contributed by atoms with E-state index >= 15 is 0 Å². The van der Waals surface area contributed by atoms with Crippen LogP contribution in [0, 0.1) is 20.8 Å². The van der Waals surface area contributed by atoms with Gasteiger partial charge < -0.3 is 10.1 Å². The fourth-order valence-corrected chi connectivity index (χ4v) is 4.36. The summed E-state index contributed by atoms with van der Waals surface area (Å²) in [7, 11) is -3.78. The Morgan fingerprint density at radius 3 is 2.34 bits per heavy atom. The number of aryl methyl sites for hydroxylation is 3. The average molecular weight is 493 g/mol. The molecule has 0 spiro atoms. The van der Waals surface area contributed by atoms with Crippen LogP contribution in [-0.2, 0) is 14.8 Å². The first-order valence-electron chi connectivity index (χ1n) is 9.63. The molecule has 0 aliphatic carbocycles. The zero-order valence-corrected chi connectivity index (χ0v) is 20.0. The number of anilines is 2. The normalized spacial score (nSPS) is 11.2. The lowest BCUT2D eigenvalue weighted by molar-refractivity contribution is -0.118. The van der Waals surface area contributed by atoms with Crippen LogP contribution in [0.15, 0.2) is 59.5 Å². The number of hydrogen-bond acceptors (Lipinski definition) is 4. The van der Waals surface area contributed by atoms with Crippen LogP contribution in [0.5, 0.6) is 5.75 Å². The molecular weight excluding hydrogens is 471 g/mol. The summed E-state index contributed by atoms with van der Waals surface area (Å²) < 4.78 is 33.6. The quantitative estimate of drug-likeness (QED) is 0.440. The predicted octanol–water partition coefficient (Wildman–Crippen LogP) is 5.74. The molecular formula is C23H22Cl2N2O4S. The standard InChI is InChI=1S/C23H22Cl2N2O4S/c1-14-4-6-18(10-15(14)2)27-32(29,30)19-7-9-22(16(3)11-19)31-13-23(28)26-21-12-17(24)5-8-20(21)25/h4-12,27H,13H2,1-3H3,(H,26,28). The van der Waals surface area contributed by atoms with Crippen molar-refractivity contribution in [1.82, 2.24) is 0 Å². The maximum absolute atomic E-state index is 12.8. The highest BCUT2D eigenvalue weighted by atomic mass is 35.5. The minimum absolute atomic E-state index is 0.0933. The van der Waals surface area contributed by atoms with Gasteiger partial charge in [0, 0.05) is 10.7 Å². The Labute approximate surface area is 197 Å². The number of carbonyl (C=O) groups is 1. The maximum atomic E-state index is 12.8. The molecule has 3 aromatic carbocycles. The van der Waals surface area contributed by atoms with E-state index < -0.39 is 15.9 Å². The van der Waals surface area contributed by atoms with Crippen LogP contribution in [0.25, 0.3) is 0 Å². The van der Waals surface area contributed by atoms with Gasteiger partial charge in [0.25, 0.3) is 15.9 Å². The molecule has 0 fully saturated rings. The molecule has 0 unspecified atom stereocenters. The van der Waals surface area contributed by atoms with E-state index in [2.05, 4.69) is 10.0 Å². The second kappa shape index (κ2) is 9.81. The average Bonchev–Trinajstić information content (AvgIpc) is 2.72. The lowest BCUT2D eigenvalue weighted by atomic mass is 10.1. The van der Waals surface area contributed by atoms with E-state index in [9.17, 15) is 13.2 Å². The van der Waals surface area contributed by atoms with Crippen molar-refractivity contribution in [3.8, 4) is 5.75 Å². The van der Waals surface area contributed by atoms with Crippen molar-refractivity contribution in [3.63, 3.8) is 0 Å². The maximum Gasteiger partial charge on any atom is 0.262 e. The van der Waals surface area contributed by atoms with Gasteiger partial charge in [-0.1, -0.05) is 29.3 Å². The molecule has 1 amide bonds. The van der Waals surface area contributed by atoms with Crippen LogP contribution in [0.4, 0.5) is 11.4 Å². The van der Waals surface area contributed by atoms with Gasteiger partial charge in [0.05, 0.1) is 15.6 Å². The zero-order valence-electron chi connectivity index (χ0n) is 17.7. The Bertz CT molecular complexity index is 1280. The van der Waals surface area contributed by atoms with E-state index in [1.807, 2.05) is 19.9 Å². The summed E-state index contributed by atoms with van der Waals surface area (Å²) in [5.74, 6) is -0.0378. The van der Waals surface area contributed by atoms with Gasteiger partial charge in [-0.05, 0) is 86.0 Å². The molecule has 0 aromatic heterocycles. The third kappa shape index (κ3) is 5.94. The highest BCUT2D eigenvalue weighted by molar-refractivity contribution is 7.92. The number of nitrogens with one attached hydrogen (secondary N) is 2. The first-order chi connectivity index (χ1) is 15.0. The minimum atomic E-state index is -3.78. The Hall–Kier alpha value is -2.74. The van der Waals surface area contributed by atoms with E-state index in [-0.39, 0.29) is 11.5 Å². The third-order valence-electron chi connectivity index (χ3n) is 4.78. The SMILES string of the molecule is Cc1ccc(NS(=O)(=O)c2ccc(OCC(=O)Nc3cc(Cl)ccc3Cl)c(C)c2)cc1C. The summed E-state index contributed by atoms with van der Waals surface area (Å²) in [6.45, 7) is 5.30. The van der Waals surface area contributed by atoms with Gasteiger partial charge in [0.2, 0.25) is 0 Å². The molecule has 32 heavy (non-hydrogen) atoms. The van der Waals surface area contributed by atoms with Crippen LogP contribution < -0.4 is 14.8 Å². The van der Waals surface area contributed by atoms with Gasteiger partial charge in [0.15, 0.2) is 6.61 Å². The summed E-state index contributed by atoms with van der Waals surface area (Å²) in [5.41, 5.74) is 3.50. The molecule has 168 valence electrons. The first-order valence-corrected chi connectivity index (χ1v) is 11.9. The molecule has 3 aromatic rings. The molecule has 2 N–H and O–H groups in total. The Morgan fingerprint density at radius 2 is 1.66 bits per heavy atom. The van der Waals surface area contributed by atoms with Gasteiger partial charge >= 0.3 is 0 Å². The third-order valence-corrected chi connectivity index (χ3v) is 6.72. The van der Waals surface area contributed by atoms with Crippen LogP contribution in [0.1, 0.15) is 16.7 Å². The van der Waals surface area contributed by atoms with Crippen molar-refractivity contribution >= 4 is 50.5 Å². The number of rotatable bonds is 7. The van der Waals surface area contributed by atoms with Crippen molar-refractivity contribution in [2.24, 2.45) is 0 Å². The molecule has 0 saturated carbocycles. The van der Waals surface area contributed by atoms with E-state index in [0.717, 1.165) is 11.1 Å². The van der Waals surface area contributed by atoms with E-state index in [4.69, 9.17) is 27.9 Å². The lowest BCUT2D eigenvalue weighted by Crippen LogP contribution is -2.20. The summed E-state index contributed by atoms with van der Waals surface area (Å²) in [6, 6.07) is 14.5. The number of amides is 1. The van der Waals surface area contributed by atoms with Crippen molar-refractivity contribution in [3.05, 3.63) is 81.3 Å². The number of ether oxygens (including phenoxy) is 1. The molecule has 0 heterocycles. The molecule has 3 rings (SSSR count). The fraction of sp³-hybridized carbons (Fsp3) is 0.174. The fourth-order valence-electron chi connectivity index (χ4n) is 2.89. The summed E-state index contributed by atoms with van der Waals surface area (Å²) in [6.07, 6.45) is 0. The van der Waals surface area contributed by atoms with Crippen molar-refractivity contribution in [2.45, 2.75) is 25.7 Å². The number of halogens is 2. The first kappa shape index (κ1) is 23.9. The molecule has 0 radical (unpaired) electrons. The van der Waals surface area contributed by atoms with Gasteiger partial charge in [-0.2, -0.15) is 0 Å². The predicted molar refractivity (Wildman–Crippen MR) is 128 cm³/mol. The summed E-state index contributed by atoms with van der Waals surface area (Å²) in [4.78, 5) is 12.3. The van der Waals surface area contributed by atoms with Crippen molar-refractivity contribution in [1.29, 1.82) is 0 Å². The van der Waals surface area contributed by atoms with Crippen LogP contribution >= 0.6 is 23.2 Å². The highest BCUT2D eigenvalue weighted by Gasteiger charge is 2.17. The van der Waals surface area contributed by atoms with Gasteiger partial charge in [-0.3, -0.25) is 9.52 Å². The monoisotopic (exact) mass is 492 g/mol. The van der Waals surface area contributed by atoms with E-state index in [1.54, 1.807) is 31.2 Å². The molecule has 0 aliphatic heterocycles. The van der Waals surface area contributed by atoms with E-state index in [0.29, 0.717) is 32.7 Å². The van der Waals surface area contributed by atoms with Gasteiger partial charge in [-0.25, -0.2) is 8.42 Å². The topological polar surface area (TPSA) is 84.5 Å². The molecule has 0 aliphatic rings. The number of hydrogen-bond donors (Lipinski definition) is 2. The minimum Gasteiger partial charge on any atom is -0.483 e. The molecule has 0 atom stereocenters. The largest absolute Gasteiger partial charge is 0.483 e. The summed E-state index contributed by atoms with van der Waals surface area (Å²) in [5, 5.41) is 3.42. The second-order valence-electron chi connectivity index (χ2n) is 7.29. The van der Waals surface area contributed by atoms with Crippen molar-refractivity contribution in [2.75, 3.05) is 16.6 Å². The zero-order chi connectivity index (χ0) is 23.5. The molecule has 6 nitrogen and oxygen atoms in total. The number of sulfonamides is 1. The van der Waals surface area contributed by atoms with Crippen LogP contribution in [0.3, 0.4) is 0 Å². The van der Waals surface area contributed by atoms with Gasteiger partial charge in [0.1, 0.15) is 5.75 Å². The van der Waals surface area contributed by atoms with Crippen molar-refractivity contribution < 1.29 is 17.9 Å². The van der Waals surface area contributed by atoms with Crippen LogP contribution in [-0.4, -0.2) is 20.9 Å². The van der Waals surface area contributed by atoms with Crippen LogP contribution in [0.2, 0.25) is 10.0 Å². The Morgan fingerprint density at radius 1 is 0.906 bits per heavy atom. The Kier molecular flexibility index (Phi) is 7.33. The second-order valence-corrected chi connectivity index (χ2v) is 9.82. The highest BCUT2D eigenvalue weighted by Crippen LogP contribution is 2.26. The molecule has 9 heteroatoms. The Balaban J connectivity index is 1.67. The summed E-state index contributed by atoms with van der Waals surface area (Å²) >= 11 is 12.0. The number of benzene rings is 3. The number of carbonyl (C=O) groups excluding carboxylic acids is 1. The lowest BCUT2D eigenvalue weighted by Gasteiger charge is -2.13. The smallest absolute Gasteiger partial charge is 0.262 e. The van der Waals surface area contributed by atoms with E-state index in [1.165, 1.54) is 24.3 Å². The molecule has 0 saturated heterocycles. The van der Waals surface area contributed by atoms with Gasteiger partial charge in [-0.15, -0.1) is 0 Å². The molecule has 0 bridgehead atoms.